The average molecular weight is 391 g/mol. The molecule has 6 nitrogen and oxygen atoms in total. The maximum Gasteiger partial charge on any atom is 0.174 e. The normalized spacial score (nSPS) is 28.0. The number of phenolic OH excluding ortho intramolecular Hbond substituents is 1. The van der Waals surface area contributed by atoms with E-state index in [2.05, 4.69) is 25.5 Å². The van der Waals surface area contributed by atoms with Gasteiger partial charge in [0, 0.05) is 29.4 Å². The Balaban J connectivity index is 1.45. The lowest BCUT2D eigenvalue weighted by Crippen LogP contribution is -2.61. The molecule has 1 aromatic carbocycles. The van der Waals surface area contributed by atoms with Crippen molar-refractivity contribution in [2.45, 2.75) is 50.4 Å². The van der Waals surface area contributed by atoms with E-state index in [1.54, 1.807) is 30.7 Å². The largest absolute Gasteiger partial charge is 0.507 e. The van der Waals surface area contributed by atoms with Gasteiger partial charge in [0.15, 0.2) is 5.82 Å². The zero-order valence-electron chi connectivity index (χ0n) is 16.1. The molecule has 2 N–H and O–H groups in total. The van der Waals surface area contributed by atoms with E-state index in [1.807, 2.05) is 19.1 Å². The number of alkyl halides is 1. The molecule has 4 heterocycles. The molecule has 0 radical (unpaired) electrons. The van der Waals surface area contributed by atoms with Crippen LogP contribution in [0, 0.1) is 0 Å². The van der Waals surface area contributed by atoms with Crippen LogP contribution in [-0.4, -0.2) is 43.0 Å². The molecule has 0 aliphatic carbocycles. The molecule has 0 unspecified atom stereocenters. The number of pyridine rings is 1. The second-order valence-corrected chi connectivity index (χ2v) is 8.23. The smallest absolute Gasteiger partial charge is 0.174 e. The Labute approximate surface area is 167 Å². The molecule has 2 saturated heterocycles. The van der Waals surface area contributed by atoms with Crippen LogP contribution < -0.4 is 5.32 Å². The van der Waals surface area contributed by atoms with Crippen LogP contribution in [0.3, 0.4) is 0 Å². The van der Waals surface area contributed by atoms with Gasteiger partial charge >= 0.3 is 0 Å². The zero-order valence-corrected chi connectivity index (χ0v) is 16.1. The number of halogens is 1. The minimum absolute atomic E-state index is 0.0932. The van der Waals surface area contributed by atoms with Crippen LogP contribution in [0.2, 0.25) is 0 Å². The highest BCUT2D eigenvalue weighted by atomic mass is 19.1. The zero-order chi connectivity index (χ0) is 20.0. The minimum atomic E-state index is -1.06. The summed E-state index contributed by atoms with van der Waals surface area (Å²) in [5.74, 6) is 0.482. The first-order valence-electron chi connectivity index (χ1n) is 9.91. The van der Waals surface area contributed by atoms with Crippen molar-refractivity contribution in [2.24, 2.45) is 0 Å². The summed E-state index contributed by atoms with van der Waals surface area (Å²) in [4.78, 5) is 8.42. The van der Waals surface area contributed by atoms with Crippen molar-refractivity contribution in [1.82, 2.24) is 25.5 Å². The van der Waals surface area contributed by atoms with E-state index >= 15 is 4.39 Å². The molecule has 148 valence electrons. The molecule has 3 atom stereocenters. The predicted molar refractivity (Wildman–Crippen MR) is 109 cm³/mol. The molecule has 29 heavy (non-hydrogen) atoms. The van der Waals surface area contributed by atoms with Crippen molar-refractivity contribution in [2.75, 3.05) is 0 Å². The molecular weight excluding hydrogens is 369 g/mol. The Hall–Kier alpha value is -2.93. The summed E-state index contributed by atoms with van der Waals surface area (Å²) < 4.78 is 15.1. The van der Waals surface area contributed by atoms with Crippen LogP contribution in [0.4, 0.5) is 4.39 Å². The van der Waals surface area contributed by atoms with Gasteiger partial charge in [0.1, 0.15) is 17.6 Å². The third-order valence-corrected chi connectivity index (χ3v) is 6.07. The number of hydrogen-bond acceptors (Lipinski definition) is 6. The van der Waals surface area contributed by atoms with E-state index in [0.717, 1.165) is 35.6 Å². The van der Waals surface area contributed by atoms with E-state index < -0.39 is 11.7 Å². The molecule has 0 spiro atoms. The van der Waals surface area contributed by atoms with Gasteiger partial charge in [0.2, 0.25) is 0 Å². The minimum Gasteiger partial charge on any atom is -0.507 e. The predicted octanol–water partition coefficient (Wildman–Crippen LogP) is 3.82. The lowest BCUT2D eigenvalue weighted by molar-refractivity contribution is 0.0993. The van der Waals surface area contributed by atoms with Crippen molar-refractivity contribution in [3.8, 4) is 17.0 Å². The summed E-state index contributed by atoms with van der Waals surface area (Å²) in [6, 6.07) is 5.66. The number of nitrogens with one attached hydrogen (secondary N) is 1. The molecule has 3 aromatic rings. The summed E-state index contributed by atoms with van der Waals surface area (Å²) >= 11 is 0. The van der Waals surface area contributed by atoms with Crippen LogP contribution in [0.25, 0.3) is 28.1 Å². The Bertz CT molecular complexity index is 1100. The number of hydrogen-bond donors (Lipinski definition) is 2. The lowest BCUT2D eigenvalue weighted by atomic mass is 9.74. The van der Waals surface area contributed by atoms with Crippen molar-refractivity contribution in [1.29, 1.82) is 0 Å². The van der Waals surface area contributed by atoms with Gasteiger partial charge in [0.25, 0.3) is 0 Å². The number of aromatic hydroxyl groups is 1. The van der Waals surface area contributed by atoms with E-state index in [1.165, 1.54) is 0 Å². The SMILES string of the molecule is C[C@]12CCC[C@@H](C/C(=C\c3ncc(-c4cc5ccncc5cc4O)nn3)[C@@H]1F)N2. The molecule has 0 amide bonds. The molecule has 2 aliphatic rings. The Kier molecular flexibility index (Phi) is 4.28. The number of benzene rings is 1. The number of nitrogens with zero attached hydrogens (tertiary/aromatic N) is 4. The van der Waals surface area contributed by atoms with Gasteiger partial charge in [-0.25, -0.2) is 9.37 Å². The highest BCUT2D eigenvalue weighted by Crippen LogP contribution is 2.39. The van der Waals surface area contributed by atoms with Crippen LogP contribution in [0.1, 0.15) is 38.4 Å². The fourth-order valence-corrected chi connectivity index (χ4v) is 4.58. The van der Waals surface area contributed by atoms with Crippen LogP contribution >= 0.6 is 0 Å². The highest BCUT2D eigenvalue weighted by molar-refractivity contribution is 5.89. The summed E-state index contributed by atoms with van der Waals surface area (Å²) in [5, 5.41) is 24.0. The Morgan fingerprint density at radius 1 is 1.24 bits per heavy atom. The average Bonchev–Trinajstić information content (AvgIpc) is 2.72. The van der Waals surface area contributed by atoms with Gasteiger partial charge < -0.3 is 10.4 Å². The first-order chi connectivity index (χ1) is 14.0. The molecule has 2 aliphatic heterocycles. The van der Waals surface area contributed by atoms with Gasteiger partial charge in [-0.05, 0) is 67.8 Å². The molecule has 5 rings (SSSR count). The summed E-state index contributed by atoms with van der Waals surface area (Å²) in [7, 11) is 0. The quantitative estimate of drug-likeness (QED) is 0.691. The van der Waals surface area contributed by atoms with E-state index in [4.69, 9.17) is 0 Å². The molecule has 2 bridgehead atoms. The monoisotopic (exact) mass is 391 g/mol. The number of fused-ring (bicyclic) bond motifs is 3. The maximum absolute atomic E-state index is 15.1. The first-order valence-corrected chi connectivity index (χ1v) is 9.91. The van der Waals surface area contributed by atoms with Crippen molar-refractivity contribution in [3.05, 3.63) is 48.2 Å². The molecule has 7 heteroatoms. The van der Waals surface area contributed by atoms with E-state index in [9.17, 15) is 5.11 Å². The van der Waals surface area contributed by atoms with Gasteiger partial charge in [-0.1, -0.05) is 0 Å². The topological polar surface area (TPSA) is 83.8 Å². The van der Waals surface area contributed by atoms with Crippen LogP contribution in [0.5, 0.6) is 5.75 Å². The van der Waals surface area contributed by atoms with Crippen LogP contribution in [-0.2, 0) is 0 Å². The maximum atomic E-state index is 15.1. The van der Waals surface area contributed by atoms with E-state index in [-0.39, 0.29) is 5.75 Å². The van der Waals surface area contributed by atoms with Gasteiger partial charge in [-0.15, -0.1) is 10.2 Å². The van der Waals surface area contributed by atoms with Crippen LogP contribution in [0.15, 0.2) is 42.4 Å². The number of phenols is 1. The highest BCUT2D eigenvalue weighted by Gasteiger charge is 2.45. The Morgan fingerprint density at radius 2 is 2.14 bits per heavy atom. The van der Waals surface area contributed by atoms with Crippen molar-refractivity contribution >= 4 is 16.8 Å². The van der Waals surface area contributed by atoms with Crippen molar-refractivity contribution in [3.63, 3.8) is 0 Å². The fourth-order valence-electron chi connectivity index (χ4n) is 4.58. The van der Waals surface area contributed by atoms with Gasteiger partial charge in [-0.2, -0.15) is 0 Å². The standard InChI is InChI=1S/C22H22FN5O/c1-22-5-2-3-16(26-22)7-14(21(22)23)10-20-25-12-18(27-28-20)17-8-13-4-6-24-11-15(13)9-19(17)29/h4,6,8-12,16,21,26,29H,2-3,5,7H2,1H3/b14-10+/t16-,21-,22-/m0/s1. The number of rotatable bonds is 2. The lowest BCUT2D eigenvalue weighted by Gasteiger charge is -2.47. The van der Waals surface area contributed by atoms with E-state index in [0.29, 0.717) is 29.5 Å². The second-order valence-electron chi connectivity index (χ2n) is 8.23. The molecule has 2 aromatic heterocycles. The van der Waals surface area contributed by atoms with Gasteiger partial charge in [-0.3, -0.25) is 4.98 Å². The van der Waals surface area contributed by atoms with Gasteiger partial charge in [0.05, 0.1) is 11.7 Å². The fraction of sp³-hybridized carbons (Fsp3) is 0.364. The van der Waals surface area contributed by atoms with Crippen molar-refractivity contribution < 1.29 is 9.50 Å². The third-order valence-electron chi connectivity index (χ3n) is 6.07. The number of aromatic nitrogens is 4. The summed E-state index contributed by atoms with van der Waals surface area (Å²) in [6.45, 7) is 1.96. The second kappa shape index (κ2) is 6.84. The third kappa shape index (κ3) is 3.25. The molecule has 0 saturated carbocycles. The molecular formula is C22H22FN5O. The Morgan fingerprint density at radius 3 is 2.97 bits per heavy atom. The molecule has 2 fully saturated rings. The first kappa shape index (κ1) is 18.1. The number of piperidine rings is 2. The summed E-state index contributed by atoms with van der Waals surface area (Å²) in [5.41, 5.74) is 1.24. The summed E-state index contributed by atoms with van der Waals surface area (Å²) in [6.07, 6.45) is 9.25.